The molecule has 5 nitrogen and oxygen atoms in total. The van der Waals surface area contributed by atoms with Gasteiger partial charge >= 0.3 is 0 Å². The topological polar surface area (TPSA) is 72.9 Å². The van der Waals surface area contributed by atoms with Crippen molar-refractivity contribution >= 4 is 5.91 Å². The molecule has 0 spiro atoms. The third kappa shape index (κ3) is 3.60. The number of nitrogens with one attached hydrogen (secondary N) is 1. The van der Waals surface area contributed by atoms with E-state index in [2.05, 4.69) is 31.2 Å². The average Bonchev–Trinajstić information content (AvgIpc) is 2.77. The molecule has 0 radical (unpaired) electrons. The van der Waals surface area contributed by atoms with Crippen LogP contribution in [0, 0.1) is 6.92 Å². The van der Waals surface area contributed by atoms with Gasteiger partial charge in [0.2, 0.25) is 0 Å². The molecule has 1 amide bonds. The molecule has 0 aliphatic heterocycles. The van der Waals surface area contributed by atoms with Crippen LogP contribution in [0.25, 0.3) is 0 Å². The summed E-state index contributed by atoms with van der Waals surface area (Å²) in [7, 11) is 0. The van der Waals surface area contributed by atoms with E-state index >= 15 is 0 Å². The summed E-state index contributed by atoms with van der Waals surface area (Å²) in [5, 5.41) is 7.25. The van der Waals surface area contributed by atoms with Crippen molar-refractivity contribution < 1.29 is 4.79 Å². The lowest BCUT2D eigenvalue weighted by atomic mass is 9.94. The van der Waals surface area contributed by atoms with Crippen LogP contribution in [-0.4, -0.2) is 27.8 Å². The van der Waals surface area contributed by atoms with E-state index in [1.165, 1.54) is 0 Å². The molecule has 0 unspecified atom stereocenters. The summed E-state index contributed by atoms with van der Waals surface area (Å²) in [4.78, 5) is 12.3. The van der Waals surface area contributed by atoms with Gasteiger partial charge in [0.05, 0.1) is 17.3 Å². The molecule has 1 rings (SSSR count). The molecule has 1 aromatic rings. The van der Waals surface area contributed by atoms with Crippen LogP contribution in [0.5, 0.6) is 0 Å². The summed E-state index contributed by atoms with van der Waals surface area (Å²) < 4.78 is 1.87. The highest BCUT2D eigenvalue weighted by molar-refractivity contribution is 5.95. The predicted molar refractivity (Wildman–Crippen MR) is 81.8 cm³/mol. The number of nitrogens with zero attached hydrogens (tertiary/aromatic N) is 2. The van der Waals surface area contributed by atoms with Gasteiger partial charge in [-0.1, -0.05) is 13.8 Å². The first-order valence-corrected chi connectivity index (χ1v) is 7.27. The van der Waals surface area contributed by atoms with Crippen molar-refractivity contribution in [3.8, 4) is 0 Å². The molecule has 5 heteroatoms. The lowest BCUT2D eigenvalue weighted by Gasteiger charge is -2.26. The second-order valence-electron chi connectivity index (χ2n) is 6.48. The Bertz CT molecular complexity index is 467. The van der Waals surface area contributed by atoms with Gasteiger partial charge in [-0.05, 0) is 40.5 Å². The molecule has 1 aromatic heterocycles. The maximum Gasteiger partial charge on any atom is 0.254 e. The summed E-state index contributed by atoms with van der Waals surface area (Å²) in [6.45, 7) is 12.7. The van der Waals surface area contributed by atoms with Gasteiger partial charge in [0.1, 0.15) is 0 Å². The van der Waals surface area contributed by atoms with Gasteiger partial charge in [-0.2, -0.15) is 5.10 Å². The van der Waals surface area contributed by atoms with Gasteiger partial charge in [-0.3, -0.25) is 9.48 Å². The fourth-order valence-electron chi connectivity index (χ4n) is 2.16. The molecule has 0 atom stereocenters. The smallest absolute Gasteiger partial charge is 0.254 e. The maximum atomic E-state index is 12.3. The minimum atomic E-state index is -0.330. The van der Waals surface area contributed by atoms with Crippen molar-refractivity contribution in [3.05, 3.63) is 17.5 Å². The highest BCUT2D eigenvalue weighted by Crippen LogP contribution is 2.18. The minimum absolute atomic E-state index is 0.102. The molecule has 1 heterocycles. The zero-order chi connectivity index (χ0) is 15.6. The number of carbonyl (C=O) groups excluding carboxylic acids is 1. The van der Waals surface area contributed by atoms with Crippen molar-refractivity contribution in [3.63, 3.8) is 0 Å². The summed E-state index contributed by atoms with van der Waals surface area (Å²) in [5.41, 5.74) is 7.24. The van der Waals surface area contributed by atoms with Crippen LogP contribution in [0.1, 0.15) is 63.5 Å². The molecule has 0 saturated carbocycles. The van der Waals surface area contributed by atoms with Gasteiger partial charge in [-0.25, -0.2) is 0 Å². The second-order valence-corrected chi connectivity index (χ2v) is 6.48. The van der Waals surface area contributed by atoms with Crippen molar-refractivity contribution in [2.45, 2.75) is 65.5 Å². The largest absolute Gasteiger partial charge is 0.350 e. The third-order valence-electron chi connectivity index (χ3n) is 3.90. The van der Waals surface area contributed by atoms with E-state index in [0.29, 0.717) is 12.1 Å². The number of nitrogens with two attached hydrogens (primary N) is 1. The Morgan fingerprint density at radius 3 is 2.30 bits per heavy atom. The van der Waals surface area contributed by atoms with Gasteiger partial charge in [0.25, 0.3) is 5.91 Å². The van der Waals surface area contributed by atoms with Gasteiger partial charge in [0, 0.05) is 17.8 Å². The van der Waals surface area contributed by atoms with Crippen LogP contribution in [0.3, 0.4) is 0 Å². The highest BCUT2D eigenvalue weighted by atomic mass is 16.1. The van der Waals surface area contributed by atoms with E-state index in [-0.39, 0.29) is 17.0 Å². The first kappa shape index (κ1) is 16.7. The van der Waals surface area contributed by atoms with E-state index in [1.54, 1.807) is 6.20 Å². The molecular formula is C15H28N4O. The van der Waals surface area contributed by atoms with Crippen molar-refractivity contribution in [1.82, 2.24) is 15.1 Å². The maximum absolute atomic E-state index is 12.3. The van der Waals surface area contributed by atoms with Crippen molar-refractivity contribution in [1.29, 1.82) is 0 Å². The first-order chi connectivity index (χ1) is 9.14. The van der Waals surface area contributed by atoms with Gasteiger partial charge in [-0.15, -0.1) is 0 Å². The fraction of sp³-hybridized carbons (Fsp3) is 0.733. The van der Waals surface area contributed by atoms with E-state index in [1.807, 2.05) is 25.5 Å². The van der Waals surface area contributed by atoms with Crippen LogP contribution in [0.2, 0.25) is 0 Å². The Morgan fingerprint density at radius 2 is 1.90 bits per heavy atom. The van der Waals surface area contributed by atoms with Crippen LogP contribution < -0.4 is 11.1 Å². The van der Waals surface area contributed by atoms with Gasteiger partial charge in [0.15, 0.2) is 0 Å². The van der Waals surface area contributed by atoms with Crippen molar-refractivity contribution in [2.75, 3.05) is 6.54 Å². The zero-order valence-corrected chi connectivity index (χ0v) is 13.6. The second kappa shape index (κ2) is 5.95. The monoisotopic (exact) mass is 280 g/mol. The number of hydrogen-bond acceptors (Lipinski definition) is 3. The molecular weight excluding hydrogens is 252 g/mol. The molecule has 0 saturated heterocycles. The fourth-order valence-corrected chi connectivity index (χ4v) is 2.16. The molecule has 0 aliphatic carbocycles. The van der Waals surface area contributed by atoms with E-state index in [0.717, 1.165) is 18.5 Å². The Balaban J connectivity index is 2.82. The summed E-state index contributed by atoms with van der Waals surface area (Å²) >= 11 is 0. The quantitative estimate of drug-likeness (QED) is 0.868. The van der Waals surface area contributed by atoms with Crippen LogP contribution >= 0.6 is 0 Å². The lowest BCUT2D eigenvalue weighted by Crippen LogP contribution is -2.49. The van der Waals surface area contributed by atoms with E-state index in [4.69, 9.17) is 5.73 Å². The summed E-state index contributed by atoms with van der Waals surface area (Å²) in [5.74, 6) is -0.102. The van der Waals surface area contributed by atoms with Gasteiger partial charge < -0.3 is 11.1 Å². The summed E-state index contributed by atoms with van der Waals surface area (Å²) in [6.07, 6.45) is 3.31. The number of amides is 1. The number of hydrogen-bond donors (Lipinski definition) is 2. The highest BCUT2D eigenvalue weighted by Gasteiger charge is 2.24. The Labute approximate surface area is 121 Å². The SMILES string of the molecule is CCC(N)(CC)CNC(=O)c1cnn(C(C)(C)C)c1C. The summed E-state index contributed by atoms with van der Waals surface area (Å²) in [6, 6.07) is 0. The predicted octanol–water partition coefficient (Wildman–Crippen LogP) is 2.19. The third-order valence-corrected chi connectivity index (χ3v) is 3.90. The molecule has 0 fully saturated rings. The standard InChI is InChI=1S/C15H28N4O/c1-7-15(16,8-2)10-17-13(20)12-9-18-19(11(12)3)14(4,5)6/h9H,7-8,10,16H2,1-6H3,(H,17,20). The van der Waals surface area contributed by atoms with Crippen molar-refractivity contribution in [2.24, 2.45) is 5.73 Å². The average molecular weight is 280 g/mol. The number of aromatic nitrogens is 2. The minimum Gasteiger partial charge on any atom is -0.350 e. The zero-order valence-electron chi connectivity index (χ0n) is 13.6. The number of rotatable bonds is 5. The van der Waals surface area contributed by atoms with E-state index < -0.39 is 0 Å². The molecule has 3 N–H and O–H groups in total. The molecule has 0 bridgehead atoms. The molecule has 114 valence electrons. The Kier molecular flexibility index (Phi) is 4.97. The Hall–Kier alpha value is -1.36. The normalized spacial score (nSPS) is 12.6. The van der Waals surface area contributed by atoms with Crippen LogP contribution in [-0.2, 0) is 5.54 Å². The number of carbonyl (C=O) groups is 1. The van der Waals surface area contributed by atoms with E-state index in [9.17, 15) is 4.79 Å². The molecule has 0 aliphatic rings. The first-order valence-electron chi connectivity index (χ1n) is 7.27. The van der Waals surface area contributed by atoms with Crippen LogP contribution in [0.4, 0.5) is 0 Å². The Morgan fingerprint density at radius 1 is 1.35 bits per heavy atom. The van der Waals surface area contributed by atoms with Crippen LogP contribution in [0.15, 0.2) is 6.20 Å². The molecule has 20 heavy (non-hydrogen) atoms. The molecule has 0 aromatic carbocycles. The lowest BCUT2D eigenvalue weighted by molar-refractivity contribution is 0.0941.